The molecule has 0 aliphatic rings. The van der Waals surface area contributed by atoms with E-state index in [1.165, 1.54) is 0 Å². The number of anilines is 1. The van der Waals surface area contributed by atoms with Crippen LogP contribution in [0.5, 0.6) is 11.5 Å². The third kappa shape index (κ3) is 3.98. The summed E-state index contributed by atoms with van der Waals surface area (Å²) >= 11 is 0. The van der Waals surface area contributed by atoms with Gasteiger partial charge in [-0.05, 0) is 17.7 Å². The number of aromatic nitrogens is 2. The normalized spacial score (nSPS) is 10.3. The zero-order valence-electron chi connectivity index (χ0n) is 14.1. The second-order valence-corrected chi connectivity index (χ2v) is 5.43. The highest BCUT2D eigenvalue weighted by molar-refractivity contribution is 6.04. The molecule has 0 saturated heterocycles. The first kappa shape index (κ1) is 16.6. The van der Waals surface area contributed by atoms with E-state index in [4.69, 9.17) is 9.47 Å². The van der Waals surface area contributed by atoms with Gasteiger partial charge in [-0.25, -0.2) is 0 Å². The van der Waals surface area contributed by atoms with E-state index in [-0.39, 0.29) is 5.91 Å². The van der Waals surface area contributed by atoms with Gasteiger partial charge < -0.3 is 14.8 Å². The Balaban J connectivity index is 1.72. The third-order valence-corrected chi connectivity index (χ3v) is 3.74. The summed E-state index contributed by atoms with van der Waals surface area (Å²) < 4.78 is 12.2. The van der Waals surface area contributed by atoms with Gasteiger partial charge in [-0.3, -0.25) is 9.48 Å². The minimum absolute atomic E-state index is 0.247. The van der Waals surface area contributed by atoms with Gasteiger partial charge in [0.2, 0.25) is 0 Å². The van der Waals surface area contributed by atoms with Crippen molar-refractivity contribution in [2.45, 2.75) is 6.54 Å². The first-order valence-electron chi connectivity index (χ1n) is 7.79. The molecule has 25 heavy (non-hydrogen) atoms. The van der Waals surface area contributed by atoms with Gasteiger partial charge >= 0.3 is 0 Å². The number of benzene rings is 2. The molecule has 0 aliphatic heterocycles. The molecule has 2 aromatic carbocycles. The van der Waals surface area contributed by atoms with Gasteiger partial charge in [-0.15, -0.1) is 0 Å². The number of nitrogens with one attached hydrogen (secondary N) is 1. The van der Waals surface area contributed by atoms with Gasteiger partial charge in [-0.1, -0.05) is 30.3 Å². The Kier molecular flexibility index (Phi) is 4.99. The first-order chi connectivity index (χ1) is 12.2. The van der Waals surface area contributed by atoms with Gasteiger partial charge in [0.05, 0.1) is 38.2 Å². The van der Waals surface area contributed by atoms with Gasteiger partial charge in [0.1, 0.15) is 11.5 Å². The lowest BCUT2D eigenvalue weighted by Crippen LogP contribution is -2.12. The van der Waals surface area contributed by atoms with E-state index >= 15 is 0 Å². The lowest BCUT2D eigenvalue weighted by Gasteiger charge is -2.11. The SMILES string of the molecule is COc1ccc(NC(=O)c2cnn(Cc3ccccc3)c2)c(OC)c1. The fraction of sp³-hybridized carbons (Fsp3) is 0.158. The molecule has 0 unspecified atom stereocenters. The molecule has 1 heterocycles. The summed E-state index contributed by atoms with van der Waals surface area (Å²) in [6.07, 6.45) is 3.27. The fourth-order valence-corrected chi connectivity index (χ4v) is 2.43. The zero-order chi connectivity index (χ0) is 17.6. The first-order valence-corrected chi connectivity index (χ1v) is 7.79. The van der Waals surface area contributed by atoms with E-state index in [1.54, 1.807) is 49.5 Å². The van der Waals surface area contributed by atoms with Crippen LogP contribution in [-0.4, -0.2) is 29.9 Å². The molecule has 128 valence electrons. The number of rotatable bonds is 6. The molecule has 1 N–H and O–H groups in total. The Hall–Kier alpha value is -3.28. The summed E-state index contributed by atoms with van der Waals surface area (Å²) in [5.41, 5.74) is 2.17. The highest BCUT2D eigenvalue weighted by Crippen LogP contribution is 2.29. The molecule has 1 amide bonds. The van der Waals surface area contributed by atoms with E-state index in [9.17, 15) is 4.79 Å². The molecule has 0 atom stereocenters. The molecule has 1 aromatic heterocycles. The molecule has 0 saturated carbocycles. The van der Waals surface area contributed by atoms with Crippen molar-refractivity contribution < 1.29 is 14.3 Å². The van der Waals surface area contributed by atoms with Crippen molar-refractivity contribution in [3.05, 3.63) is 72.1 Å². The predicted molar refractivity (Wildman–Crippen MR) is 95.3 cm³/mol. The Labute approximate surface area is 146 Å². The molecule has 0 aliphatic carbocycles. The molecule has 0 spiro atoms. The van der Waals surface area contributed by atoms with Crippen LogP contribution in [0.25, 0.3) is 0 Å². The van der Waals surface area contributed by atoms with Crippen LogP contribution in [0.4, 0.5) is 5.69 Å². The van der Waals surface area contributed by atoms with Crippen molar-refractivity contribution in [3.8, 4) is 11.5 Å². The third-order valence-electron chi connectivity index (χ3n) is 3.74. The van der Waals surface area contributed by atoms with Crippen LogP contribution in [0.3, 0.4) is 0 Å². The van der Waals surface area contributed by atoms with Gasteiger partial charge in [0.25, 0.3) is 5.91 Å². The van der Waals surface area contributed by atoms with Crippen LogP contribution in [0.2, 0.25) is 0 Å². The van der Waals surface area contributed by atoms with Gasteiger partial charge in [0, 0.05) is 12.3 Å². The molecular formula is C19H19N3O3. The molecule has 6 heteroatoms. The number of ether oxygens (including phenoxy) is 2. The fourth-order valence-electron chi connectivity index (χ4n) is 2.43. The van der Waals surface area contributed by atoms with Crippen LogP contribution in [0, 0.1) is 0 Å². The second-order valence-electron chi connectivity index (χ2n) is 5.43. The van der Waals surface area contributed by atoms with Crippen LogP contribution < -0.4 is 14.8 Å². The van der Waals surface area contributed by atoms with E-state index in [0.29, 0.717) is 29.3 Å². The van der Waals surface area contributed by atoms with Crippen LogP contribution in [0.1, 0.15) is 15.9 Å². The van der Waals surface area contributed by atoms with Crippen molar-refractivity contribution >= 4 is 11.6 Å². The summed E-state index contributed by atoms with van der Waals surface area (Å²) in [6.45, 7) is 0.611. The van der Waals surface area contributed by atoms with E-state index in [2.05, 4.69) is 10.4 Å². The average Bonchev–Trinajstić information content (AvgIpc) is 3.11. The number of methoxy groups -OCH3 is 2. The number of amides is 1. The topological polar surface area (TPSA) is 65.4 Å². The predicted octanol–water partition coefficient (Wildman–Crippen LogP) is 3.20. The maximum Gasteiger partial charge on any atom is 0.258 e. The van der Waals surface area contributed by atoms with Crippen molar-refractivity contribution in [2.75, 3.05) is 19.5 Å². The summed E-state index contributed by atoms with van der Waals surface area (Å²) in [7, 11) is 3.12. The molecular weight excluding hydrogens is 318 g/mol. The molecule has 3 rings (SSSR count). The zero-order valence-corrected chi connectivity index (χ0v) is 14.1. The largest absolute Gasteiger partial charge is 0.497 e. The van der Waals surface area contributed by atoms with Gasteiger partial charge in [-0.2, -0.15) is 5.10 Å². The van der Waals surface area contributed by atoms with Crippen LogP contribution in [0.15, 0.2) is 60.9 Å². The number of carbonyl (C=O) groups excluding carboxylic acids is 1. The van der Waals surface area contributed by atoms with E-state index in [1.807, 2.05) is 30.3 Å². The highest BCUT2D eigenvalue weighted by atomic mass is 16.5. The number of hydrogen-bond acceptors (Lipinski definition) is 4. The van der Waals surface area contributed by atoms with Crippen molar-refractivity contribution in [1.82, 2.24) is 9.78 Å². The number of hydrogen-bond donors (Lipinski definition) is 1. The second kappa shape index (κ2) is 7.53. The Morgan fingerprint density at radius 1 is 1.12 bits per heavy atom. The minimum atomic E-state index is -0.247. The Morgan fingerprint density at radius 3 is 2.64 bits per heavy atom. The molecule has 0 radical (unpaired) electrons. The van der Waals surface area contributed by atoms with Crippen molar-refractivity contribution in [1.29, 1.82) is 0 Å². The molecule has 0 bridgehead atoms. The summed E-state index contributed by atoms with van der Waals surface area (Å²) in [4.78, 5) is 12.5. The number of carbonyl (C=O) groups is 1. The Morgan fingerprint density at radius 2 is 1.92 bits per heavy atom. The summed E-state index contributed by atoms with van der Waals surface area (Å²) in [5, 5.41) is 7.08. The smallest absolute Gasteiger partial charge is 0.258 e. The maximum absolute atomic E-state index is 12.5. The summed E-state index contributed by atoms with van der Waals surface area (Å²) in [6, 6.07) is 15.2. The van der Waals surface area contributed by atoms with E-state index in [0.717, 1.165) is 5.56 Å². The number of nitrogens with zero attached hydrogens (tertiary/aromatic N) is 2. The van der Waals surface area contributed by atoms with Crippen LogP contribution in [-0.2, 0) is 6.54 Å². The van der Waals surface area contributed by atoms with Crippen LogP contribution >= 0.6 is 0 Å². The quantitative estimate of drug-likeness (QED) is 0.750. The Bertz CT molecular complexity index is 859. The van der Waals surface area contributed by atoms with Crippen molar-refractivity contribution in [2.24, 2.45) is 0 Å². The highest BCUT2D eigenvalue weighted by Gasteiger charge is 2.12. The van der Waals surface area contributed by atoms with Crippen molar-refractivity contribution in [3.63, 3.8) is 0 Å². The maximum atomic E-state index is 12.5. The lowest BCUT2D eigenvalue weighted by molar-refractivity contribution is 0.102. The van der Waals surface area contributed by atoms with E-state index < -0.39 is 0 Å². The lowest BCUT2D eigenvalue weighted by atomic mass is 10.2. The minimum Gasteiger partial charge on any atom is -0.497 e. The summed E-state index contributed by atoms with van der Waals surface area (Å²) in [5.74, 6) is 0.942. The monoisotopic (exact) mass is 337 g/mol. The van der Waals surface area contributed by atoms with Gasteiger partial charge in [0.15, 0.2) is 0 Å². The molecule has 6 nitrogen and oxygen atoms in total. The molecule has 0 fully saturated rings. The average molecular weight is 337 g/mol. The standard InChI is InChI=1S/C19H19N3O3/c1-24-16-8-9-17(18(10-16)25-2)21-19(23)15-11-20-22(13-15)12-14-6-4-3-5-7-14/h3-11,13H,12H2,1-2H3,(H,21,23). The molecule has 3 aromatic rings.